The molecule has 0 bridgehead atoms. The van der Waals surface area contributed by atoms with Crippen molar-refractivity contribution in [1.29, 1.82) is 0 Å². The van der Waals surface area contributed by atoms with E-state index in [1.165, 1.54) is 19.1 Å². The van der Waals surface area contributed by atoms with E-state index in [0.29, 0.717) is 0 Å². The summed E-state index contributed by atoms with van der Waals surface area (Å²) in [5, 5.41) is 10.4. The number of pyridine rings is 1. The fourth-order valence-corrected chi connectivity index (χ4v) is 0.873. The number of rotatable bonds is 2. The lowest BCUT2D eigenvalue weighted by Crippen LogP contribution is -2.05. The molecule has 0 fully saturated rings. The average molecular weight is 181 g/mol. The molecule has 13 heavy (non-hydrogen) atoms. The number of nitro groups is 1. The van der Waals surface area contributed by atoms with E-state index in [4.69, 9.17) is 5.73 Å². The number of nitrogens with two attached hydrogens (primary N) is 1. The van der Waals surface area contributed by atoms with Crippen molar-refractivity contribution in [3.8, 4) is 0 Å². The van der Waals surface area contributed by atoms with Crippen LogP contribution in [-0.2, 0) is 0 Å². The largest absolute Gasteiger partial charge is 0.384 e. The standard InChI is InChI=1S/C7H7N3O3/c1-4(11)7-5(10(12)13)2-3-6(8)9-7/h2-3H,1H3,(H2,8,9). The molecule has 1 heterocycles. The lowest BCUT2D eigenvalue weighted by molar-refractivity contribution is -0.385. The van der Waals surface area contributed by atoms with E-state index in [9.17, 15) is 14.9 Å². The minimum atomic E-state index is -0.664. The van der Waals surface area contributed by atoms with Gasteiger partial charge in [0.15, 0.2) is 11.5 Å². The first-order chi connectivity index (χ1) is 6.02. The molecule has 0 radical (unpaired) electrons. The number of ketones is 1. The Kier molecular flexibility index (Phi) is 2.23. The molecule has 0 amide bonds. The van der Waals surface area contributed by atoms with Gasteiger partial charge in [-0.3, -0.25) is 14.9 Å². The third-order valence-corrected chi connectivity index (χ3v) is 1.43. The molecule has 1 aromatic rings. The van der Waals surface area contributed by atoms with Gasteiger partial charge in [0.2, 0.25) is 0 Å². The van der Waals surface area contributed by atoms with Crippen LogP contribution in [0.1, 0.15) is 17.4 Å². The maximum atomic E-state index is 10.9. The summed E-state index contributed by atoms with van der Waals surface area (Å²) in [5.41, 5.74) is 4.76. The normalized spacial score (nSPS) is 9.62. The fraction of sp³-hybridized carbons (Fsp3) is 0.143. The molecule has 2 N–H and O–H groups in total. The quantitative estimate of drug-likeness (QED) is 0.412. The number of carbonyl (C=O) groups excluding carboxylic acids is 1. The van der Waals surface area contributed by atoms with E-state index >= 15 is 0 Å². The number of carbonyl (C=O) groups is 1. The lowest BCUT2D eigenvalue weighted by atomic mass is 10.2. The third-order valence-electron chi connectivity index (χ3n) is 1.43. The Morgan fingerprint density at radius 3 is 2.69 bits per heavy atom. The van der Waals surface area contributed by atoms with Gasteiger partial charge in [-0.15, -0.1) is 0 Å². The predicted molar refractivity (Wildman–Crippen MR) is 45.3 cm³/mol. The summed E-state index contributed by atoms with van der Waals surface area (Å²) >= 11 is 0. The van der Waals surface area contributed by atoms with Gasteiger partial charge in [-0.1, -0.05) is 0 Å². The fourth-order valence-electron chi connectivity index (χ4n) is 0.873. The van der Waals surface area contributed by atoms with Gasteiger partial charge >= 0.3 is 0 Å². The highest BCUT2D eigenvalue weighted by molar-refractivity contribution is 5.96. The molecule has 0 aliphatic heterocycles. The lowest BCUT2D eigenvalue weighted by Gasteiger charge is -1.98. The molecular weight excluding hydrogens is 174 g/mol. The minimum absolute atomic E-state index is 0.0933. The maximum Gasteiger partial charge on any atom is 0.298 e. The first-order valence-electron chi connectivity index (χ1n) is 3.44. The van der Waals surface area contributed by atoms with E-state index in [1.54, 1.807) is 0 Å². The van der Waals surface area contributed by atoms with Gasteiger partial charge in [-0.2, -0.15) is 0 Å². The zero-order valence-corrected chi connectivity index (χ0v) is 6.85. The highest BCUT2D eigenvalue weighted by Gasteiger charge is 2.18. The first-order valence-corrected chi connectivity index (χ1v) is 3.44. The second kappa shape index (κ2) is 3.18. The van der Waals surface area contributed by atoms with Crippen molar-refractivity contribution in [3.05, 3.63) is 27.9 Å². The molecular formula is C7H7N3O3. The van der Waals surface area contributed by atoms with E-state index in [1.807, 2.05) is 0 Å². The number of Topliss-reactive ketones (excluding diaryl/α,β-unsaturated/α-hetero) is 1. The third kappa shape index (κ3) is 1.78. The van der Waals surface area contributed by atoms with Crippen LogP contribution in [0.5, 0.6) is 0 Å². The Morgan fingerprint density at radius 1 is 1.62 bits per heavy atom. The topological polar surface area (TPSA) is 99.1 Å². The van der Waals surface area contributed by atoms with Crippen LogP contribution >= 0.6 is 0 Å². The highest BCUT2D eigenvalue weighted by atomic mass is 16.6. The molecule has 0 saturated heterocycles. The molecule has 1 aromatic heterocycles. The van der Waals surface area contributed by atoms with Gasteiger partial charge in [0.1, 0.15) is 5.82 Å². The Hall–Kier alpha value is -1.98. The molecule has 6 nitrogen and oxygen atoms in total. The molecule has 1 rings (SSSR count). The smallest absolute Gasteiger partial charge is 0.298 e. The second-order valence-corrected chi connectivity index (χ2v) is 2.42. The summed E-state index contributed by atoms with van der Waals surface area (Å²) in [6.07, 6.45) is 0. The molecule has 0 aliphatic carbocycles. The second-order valence-electron chi connectivity index (χ2n) is 2.42. The van der Waals surface area contributed by atoms with E-state index < -0.39 is 10.7 Å². The summed E-state index contributed by atoms with van der Waals surface area (Å²) in [7, 11) is 0. The number of nitrogen functional groups attached to an aromatic ring is 1. The Bertz CT molecular complexity index is 375. The van der Waals surface area contributed by atoms with Gasteiger partial charge < -0.3 is 5.73 Å². The monoisotopic (exact) mass is 181 g/mol. The van der Waals surface area contributed by atoms with Crippen molar-refractivity contribution in [3.63, 3.8) is 0 Å². The van der Waals surface area contributed by atoms with Crippen LogP contribution in [0, 0.1) is 10.1 Å². The zero-order valence-electron chi connectivity index (χ0n) is 6.85. The van der Waals surface area contributed by atoms with E-state index in [-0.39, 0.29) is 17.2 Å². The maximum absolute atomic E-state index is 10.9. The van der Waals surface area contributed by atoms with E-state index in [2.05, 4.69) is 4.98 Å². The average Bonchev–Trinajstić information content (AvgIpc) is 2.03. The van der Waals surface area contributed by atoms with Crippen LogP contribution < -0.4 is 5.73 Å². The molecule has 0 aromatic carbocycles. The molecule has 0 unspecified atom stereocenters. The van der Waals surface area contributed by atoms with Crippen LogP contribution in [0.3, 0.4) is 0 Å². The van der Waals surface area contributed by atoms with Crippen molar-refractivity contribution >= 4 is 17.3 Å². The zero-order chi connectivity index (χ0) is 10.0. The molecule has 0 spiro atoms. The Balaban J connectivity index is 3.35. The Labute approximate surface area is 73.5 Å². The van der Waals surface area contributed by atoms with Crippen LogP contribution in [0.2, 0.25) is 0 Å². The number of hydrogen-bond donors (Lipinski definition) is 1. The summed E-state index contributed by atoms with van der Waals surface area (Å²) < 4.78 is 0. The first kappa shape index (κ1) is 9.11. The van der Waals surface area contributed by atoms with Crippen molar-refractivity contribution in [1.82, 2.24) is 4.98 Å². The van der Waals surface area contributed by atoms with Crippen LogP contribution in [0.4, 0.5) is 11.5 Å². The van der Waals surface area contributed by atoms with Gasteiger partial charge in [0.05, 0.1) is 4.92 Å². The van der Waals surface area contributed by atoms with Crippen molar-refractivity contribution in [2.24, 2.45) is 0 Å². The highest BCUT2D eigenvalue weighted by Crippen LogP contribution is 2.17. The van der Waals surface area contributed by atoms with Crippen molar-refractivity contribution in [2.75, 3.05) is 5.73 Å². The molecule has 0 aliphatic rings. The number of hydrogen-bond acceptors (Lipinski definition) is 5. The SMILES string of the molecule is CC(=O)c1nc(N)ccc1[N+](=O)[O-]. The number of nitrogens with zero attached hydrogens (tertiary/aromatic N) is 2. The molecule has 0 saturated carbocycles. The van der Waals surface area contributed by atoms with Crippen LogP contribution in [-0.4, -0.2) is 15.7 Å². The van der Waals surface area contributed by atoms with Gasteiger partial charge in [-0.25, -0.2) is 4.98 Å². The predicted octanol–water partition coefficient (Wildman–Crippen LogP) is 0.775. The summed E-state index contributed by atoms with van der Waals surface area (Å²) in [4.78, 5) is 24.2. The molecule has 6 heteroatoms. The molecule has 68 valence electrons. The van der Waals surface area contributed by atoms with Gasteiger partial charge in [0, 0.05) is 13.0 Å². The van der Waals surface area contributed by atoms with Crippen molar-refractivity contribution in [2.45, 2.75) is 6.92 Å². The summed E-state index contributed by atoms with van der Waals surface area (Å²) in [6, 6.07) is 2.45. The molecule has 0 atom stereocenters. The van der Waals surface area contributed by atoms with Gasteiger partial charge in [0.25, 0.3) is 5.69 Å². The van der Waals surface area contributed by atoms with Gasteiger partial charge in [-0.05, 0) is 6.07 Å². The Morgan fingerprint density at radius 2 is 2.23 bits per heavy atom. The van der Waals surface area contributed by atoms with Crippen LogP contribution in [0.15, 0.2) is 12.1 Å². The summed E-state index contributed by atoms with van der Waals surface area (Å²) in [5.74, 6) is -0.380. The van der Waals surface area contributed by atoms with Crippen molar-refractivity contribution < 1.29 is 9.72 Å². The van der Waals surface area contributed by atoms with Crippen LogP contribution in [0.25, 0.3) is 0 Å². The number of aromatic nitrogens is 1. The summed E-state index contributed by atoms with van der Waals surface area (Å²) in [6.45, 7) is 1.20. The number of anilines is 1. The minimum Gasteiger partial charge on any atom is -0.384 e. The van der Waals surface area contributed by atoms with E-state index in [0.717, 1.165) is 0 Å².